The Labute approximate surface area is 121 Å². The Morgan fingerprint density at radius 1 is 1.32 bits per heavy atom. The van der Waals surface area contributed by atoms with Gasteiger partial charge >= 0.3 is 0 Å². The van der Waals surface area contributed by atoms with Gasteiger partial charge in [-0.2, -0.15) is 0 Å². The maximum atomic E-state index is 4.71. The molecule has 108 valence electrons. The van der Waals surface area contributed by atoms with Gasteiger partial charge in [0.05, 0.1) is 6.54 Å². The van der Waals surface area contributed by atoms with E-state index in [9.17, 15) is 0 Å². The van der Waals surface area contributed by atoms with E-state index in [2.05, 4.69) is 55.8 Å². The van der Waals surface area contributed by atoms with E-state index in [4.69, 9.17) is 4.99 Å². The van der Waals surface area contributed by atoms with Crippen molar-refractivity contribution in [1.29, 1.82) is 0 Å². The highest BCUT2D eigenvalue weighted by Gasteiger charge is 2.21. The Kier molecular flexibility index (Phi) is 6.92. The lowest BCUT2D eigenvalue weighted by atomic mass is 9.92. The maximum Gasteiger partial charge on any atom is 0.191 e. The Morgan fingerprint density at radius 3 is 2.68 bits per heavy atom. The molecular formula is C15H27N3S. The third kappa shape index (κ3) is 5.64. The number of aliphatic imine (C=N–C) groups is 1. The van der Waals surface area contributed by atoms with E-state index in [1.807, 2.05) is 0 Å². The molecule has 0 aliphatic heterocycles. The lowest BCUT2D eigenvalue weighted by molar-refractivity contribution is 0.548. The molecule has 4 heteroatoms. The fraction of sp³-hybridized carbons (Fsp3) is 0.667. The highest BCUT2D eigenvalue weighted by molar-refractivity contribution is 7.10. The zero-order valence-corrected chi connectivity index (χ0v) is 13.4. The average Bonchev–Trinajstić information content (AvgIpc) is 2.91. The highest BCUT2D eigenvalue weighted by Crippen LogP contribution is 2.27. The predicted molar refractivity (Wildman–Crippen MR) is 86.2 cm³/mol. The number of rotatable bonds is 7. The molecule has 1 rings (SSSR count). The molecule has 2 N–H and O–H groups in total. The fourth-order valence-corrected chi connectivity index (χ4v) is 2.59. The molecule has 0 bridgehead atoms. The molecule has 0 amide bonds. The third-order valence-electron chi connectivity index (χ3n) is 2.99. The first-order valence-corrected chi connectivity index (χ1v) is 8.04. The van der Waals surface area contributed by atoms with Crippen molar-refractivity contribution in [3.8, 4) is 0 Å². The molecule has 0 fully saturated rings. The Balaban J connectivity index is 2.58. The summed E-state index contributed by atoms with van der Waals surface area (Å²) in [5, 5.41) is 8.81. The van der Waals surface area contributed by atoms with Crippen molar-refractivity contribution in [1.82, 2.24) is 10.6 Å². The second-order valence-corrected chi connectivity index (χ2v) is 6.28. The smallest absolute Gasteiger partial charge is 0.191 e. The summed E-state index contributed by atoms with van der Waals surface area (Å²) in [6.45, 7) is 11.5. The predicted octanol–water partition coefficient (Wildman–Crippen LogP) is 3.38. The second-order valence-electron chi connectivity index (χ2n) is 5.34. The van der Waals surface area contributed by atoms with E-state index < -0.39 is 0 Å². The van der Waals surface area contributed by atoms with Crippen molar-refractivity contribution in [2.45, 2.75) is 46.0 Å². The van der Waals surface area contributed by atoms with E-state index in [0.717, 1.165) is 25.6 Å². The van der Waals surface area contributed by atoms with Crippen LogP contribution in [0.3, 0.4) is 0 Å². The van der Waals surface area contributed by atoms with Gasteiger partial charge in [0.25, 0.3) is 0 Å². The molecule has 0 aromatic carbocycles. The molecule has 1 heterocycles. The minimum Gasteiger partial charge on any atom is -0.357 e. The van der Waals surface area contributed by atoms with E-state index >= 15 is 0 Å². The van der Waals surface area contributed by atoms with Gasteiger partial charge in [-0.3, -0.25) is 4.99 Å². The molecule has 0 atom stereocenters. The number of thiophene rings is 1. The molecule has 0 aliphatic carbocycles. The number of nitrogens with zero attached hydrogens (tertiary/aromatic N) is 1. The number of hydrogen-bond donors (Lipinski definition) is 2. The zero-order chi connectivity index (χ0) is 14.1. The first kappa shape index (κ1) is 16.0. The number of unbranched alkanes of at least 4 members (excludes halogenated alkanes) is 1. The quantitative estimate of drug-likeness (QED) is 0.457. The van der Waals surface area contributed by atoms with Crippen LogP contribution in [-0.2, 0) is 5.41 Å². The zero-order valence-electron chi connectivity index (χ0n) is 12.6. The summed E-state index contributed by atoms with van der Waals surface area (Å²) >= 11 is 1.81. The molecule has 0 saturated carbocycles. The third-order valence-corrected chi connectivity index (χ3v) is 4.22. The van der Waals surface area contributed by atoms with Crippen LogP contribution in [-0.4, -0.2) is 25.6 Å². The minimum atomic E-state index is 0.0985. The van der Waals surface area contributed by atoms with Gasteiger partial charge in [-0.05, 0) is 24.8 Å². The summed E-state index contributed by atoms with van der Waals surface area (Å²) in [5.74, 6) is 0.931. The Hall–Kier alpha value is -1.03. The molecule has 0 unspecified atom stereocenters. The van der Waals surface area contributed by atoms with Crippen LogP contribution >= 0.6 is 11.3 Å². The molecule has 0 radical (unpaired) electrons. The summed E-state index contributed by atoms with van der Waals surface area (Å²) in [5.41, 5.74) is 0.0985. The monoisotopic (exact) mass is 281 g/mol. The molecule has 0 aliphatic rings. The van der Waals surface area contributed by atoms with Crippen LogP contribution < -0.4 is 10.6 Å². The number of nitrogens with one attached hydrogen (secondary N) is 2. The van der Waals surface area contributed by atoms with Crippen LogP contribution in [0.5, 0.6) is 0 Å². The van der Waals surface area contributed by atoms with Crippen LogP contribution in [0.1, 0.15) is 45.4 Å². The van der Waals surface area contributed by atoms with Gasteiger partial charge in [0, 0.05) is 23.4 Å². The van der Waals surface area contributed by atoms with E-state index in [1.54, 1.807) is 11.3 Å². The highest BCUT2D eigenvalue weighted by atomic mass is 32.1. The second kappa shape index (κ2) is 8.20. The van der Waals surface area contributed by atoms with E-state index in [-0.39, 0.29) is 5.41 Å². The van der Waals surface area contributed by atoms with Gasteiger partial charge in [0.1, 0.15) is 0 Å². The fourth-order valence-electron chi connectivity index (χ4n) is 1.74. The van der Waals surface area contributed by atoms with Crippen molar-refractivity contribution < 1.29 is 0 Å². The average molecular weight is 281 g/mol. The minimum absolute atomic E-state index is 0.0985. The molecule has 1 aromatic rings. The summed E-state index contributed by atoms with van der Waals surface area (Å²) < 4.78 is 0. The molecule has 3 nitrogen and oxygen atoms in total. The molecular weight excluding hydrogens is 254 g/mol. The lowest BCUT2D eigenvalue weighted by Gasteiger charge is -2.21. The van der Waals surface area contributed by atoms with E-state index in [0.29, 0.717) is 0 Å². The van der Waals surface area contributed by atoms with Crippen molar-refractivity contribution in [2.24, 2.45) is 4.99 Å². The van der Waals surface area contributed by atoms with Gasteiger partial charge in [0.2, 0.25) is 0 Å². The van der Waals surface area contributed by atoms with Gasteiger partial charge in [-0.15, -0.1) is 11.3 Å². The Bertz CT molecular complexity index is 369. The topological polar surface area (TPSA) is 36.4 Å². The van der Waals surface area contributed by atoms with Crippen molar-refractivity contribution in [3.63, 3.8) is 0 Å². The van der Waals surface area contributed by atoms with Crippen molar-refractivity contribution in [3.05, 3.63) is 22.4 Å². The molecule has 1 aromatic heterocycles. The largest absolute Gasteiger partial charge is 0.357 e. The summed E-state index contributed by atoms with van der Waals surface area (Å²) in [4.78, 5) is 6.10. The first-order chi connectivity index (χ1) is 9.10. The van der Waals surface area contributed by atoms with Crippen LogP contribution in [0.25, 0.3) is 0 Å². The molecule has 0 spiro atoms. The van der Waals surface area contributed by atoms with Crippen LogP contribution in [0.15, 0.2) is 22.5 Å². The van der Waals surface area contributed by atoms with Gasteiger partial charge in [-0.1, -0.05) is 33.3 Å². The maximum absolute atomic E-state index is 4.71. The van der Waals surface area contributed by atoms with Gasteiger partial charge < -0.3 is 10.6 Å². The number of hydrogen-bond acceptors (Lipinski definition) is 2. The van der Waals surface area contributed by atoms with Crippen molar-refractivity contribution >= 4 is 17.3 Å². The molecule has 19 heavy (non-hydrogen) atoms. The summed E-state index contributed by atoms with van der Waals surface area (Å²) in [6.07, 6.45) is 2.38. The first-order valence-electron chi connectivity index (χ1n) is 7.16. The van der Waals surface area contributed by atoms with E-state index in [1.165, 1.54) is 17.7 Å². The molecule has 0 saturated heterocycles. The summed E-state index contributed by atoms with van der Waals surface area (Å²) in [6, 6.07) is 4.30. The normalized spacial score (nSPS) is 12.5. The van der Waals surface area contributed by atoms with Gasteiger partial charge in [0.15, 0.2) is 5.96 Å². The van der Waals surface area contributed by atoms with Gasteiger partial charge in [-0.25, -0.2) is 0 Å². The van der Waals surface area contributed by atoms with Crippen LogP contribution in [0.4, 0.5) is 0 Å². The van der Waals surface area contributed by atoms with Crippen LogP contribution in [0.2, 0.25) is 0 Å². The lowest BCUT2D eigenvalue weighted by Crippen LogP contribution is -2.38. The standard InChI is InChI=1S/C15H27N3S/c1-5-7-10-17-14(16-6-2)18-12-15(3,4)13-9-8-11-19-13/h8-9,11H,5-7,10,12H2,1-4H3,(H2,16,17,18). The SMILES string of the molecule is CCCCNC(=NCC(C)(C)c1cccs1)NCC. The van der Waals surface area contributed by atoms with Crippen molar-refractivity contribution in [2.75, 3.05) is 19.6 Å². The van der Waals surface area contributed by atoms with Crippen LogP contribution in [0, 0.1) is 0 Å². The summed E-state index contributed by atoms with van der Waals surface area (Å²) in [7, 11) is 0. The Morgan fingerprint density at radius 2 is 2.11 bits per heavy atom. The number of guanidine groups is 1.